The van der Waals surface area contributed by atoms with Crippen LogP contribution in [0.25, 0.3) is 0 Å². The van der Waals surface area contributed by atoms with Gasteiger partial charge in [0.15, 0.2) is 11.6 Å². The van der Waals surface area contributed by atoms with Gasteiger partial charge in [0.1, 0.15) is 0 Å². The fourth-order valence-corrected chi connectivity index (χ4v) is 3.59. The number of hydrogen-bond donors (Lipinski definition) is 3. The van der Waals surface area contributed by atoms with Gasteiger partial charge in [0, 0.05) is 12.3 Å². The van der Waals surface area contributed by atoms with Crippen LogP contribution in [0.5, 0.6) is 5.75 Å². The van der Waals surface area contributed by atoms with Crippen molar-refractivity contribution in [1.29, 1.82) is 0 Å². The number of nitrogen functional groups attached to an aromatic ring is 1. The maximum absolute atomic E-state index is 13.7. The molecule has 0 heterocycles. The summed E-state index contributed by atoms with van der Waals surface area (Å²) in [5.74, 6) is -0.716. The Morgan fingerprint density at radius 1 is 1.52 bits per heavy atom. The molecule has 0 saturated carbocycles. The molecule has 9 heteroatoms. The fraction of sp³-hybridized carbons (Fsp3) is 0.500. The van der Waals surface area contributed by atoms with E-state index in [2.05, 4.69) is 4.72 Å². The van der Waals surface area contributed by atoms with E-state index in [4.69, 9.17) is 10.5 Å². The second kappa shape index (κ2) is 6.82. The molecule has 0 saturated heterocycles. The first-order valence-corrected chi connectivity index (χ1v) is 8.84. The number of thioether (sulfide) groups is 1. The second-order valence-electron chi connectivity index (χ2n) is 4.78. The molecule has 0 fully saturated rings. The van der Waals surface area contributed by atoms with Gasteiger partial charge in [0.2, 0.25) is 10.0 Å². The lowest BCUT2D eigenvalue weighted by molar-refractivity contribution is 0.0908. The molecule has 0 amide bonds. The molecule has 0 radical (unpaired) electrons. The quantitative estimate of drug-likeness (QED) is 0.636. The van der Waals surface area contributed by atoms with Crippen molar-refractivity contribution in [3.8, 4) is 5.75 Å². The molecule has 21 heavy (non-hydrogen) atoms. The Balaban J connectivity index is 2.99. The average Bonchev–Trinajstić information content (AvgIpc) is 2.36. The predicted molar refractivity (Wildman–Crippen MR) is 81.6 cm³/mol. The van der Waals surface area contributed by atoms with Crippen LogP contribution in [0.15, 0.2) is 17.0 Å². The van der Waals surface area contributed by atoms with Gasteiger partial charge in [-0.15, -0.1) is 0 Å². The van der Waals surface area contributed by atoms with Crippen molar-refractivity contribution in [1.82, 2.24) is 4.72 Å². The Morgan fingerprint density at radius 2 is 2.14 bits per heavy atom. The number of ether oxygens (including phenoxy) is 1. The molecular formula is C12H19FN2O4S2. The fourth-order valence-electron chi connectivity index (χ4n) is 1.66. The number of benzene rings is 1. The lowest BCUT2D eigenvalue weighted by Crippen LogP contribution is -2.42. The molecule has 0 aliphatic rings. The van der Waals surface area contributed by atoms with Gasteiger partial charge in [0.25, 0.3) is 0 Å². The Kier molecular flexibility index (Phi) is 5.85. The van der Waals surface area contributed by atoms with Gasteiger partial charge in [-0.05, 0) is 25.3 Å². The zero-order valence-electron chi connectivity index (χ0n) is 12.0. The number of anilines is 1. The SMILES string of the molecule is COc1c(N)cc(S(=O)(=O)NCC(C)(O)CSC)cc1F. The summed E-state index contributed by atoms with van der Waals surface area (Å²) in [5.41, 5.74) is 4.23. The first-order chi connectivity index (χ1) is 9.63. The van der Waals surface area contributed by atoms with Crippen LogP contribution in [0.3, 0.4) is 0 Å². The van der Waals surface area contributed by atoms with Crippen LogP contribution < -0.4 is 15.2 Å². The Hall–Kier alpha value is -1.03. The molecule has 1 atom stereocenters. The third-order valence-electron chi connectivity index (χ3n) is 2.66. The van der Waals surface area contributed by atoms with Crippen molar-refractivity contribution >= 4 is 27.5 Å². The summed E-state index contributed by atoms with van der Waals surface area (Å²) in [7, 11) is -2.74. The highest BCUT2D eigenvalue weighted by atomic mass is 32.2. The van der Waals surface area contributed by atoms with Gasteiger partial charge in [-0.25, -0.2) is 17.5 Å². The zero-order valence-corrected chi connectivity index (χ0v) is 13.6. The first kappa shape index (κ1) is 18.0. The topological polar surface area (TPSA) is 102 Å². The highest BCUT2D eigenvalue weighted by Gasteiger charge is 2.25. The van der Waals surface area contributed by atoms with E-state index >= 15 is 0 Å². The number of nitrogens with one attached hydrogen (secondary N) is 1. The molecule has 0 aliphatic carbocycles. The minimum atomic E-state index is -3.98. The largest absolute Gasteiger partial charge is 0.492 e. The van der Waals surface area contributed by atoms with Crippen molar-refractivity contribution in [2.24, 2.45) is 0 Å². The van der Waals surface area contributed by atoms with E-state index in [1.54, 1.807) is 6.26 Å². The van der Waals surface area contributed by atoms with Crippen LogP contribution in [-0.2, 0) is 10.0 Å². The highest BCUT2D eigenvalue weighted by Crippen LogP contribution is 2.28. The number of rotatable bonds is 7. The third kappa shape index (κ3) is 4.73. The summed E-state index contributed by atoms with van der Waals surface area (Å²) >= 11 is 1.38. The minimum Gasteiger partial charge on any atom is -0.492 e. The van der Waals surface area contributed by atoms with Crippen molar-refractivity contribution in [3.05, 3.63) is 17.9 Å². The van der Waals surface area contributed by atoms with Crippen molar-refractivity contribution in [2.45, 2.75) is 17.4 Å². The molecule has 6 nitrogen and oxygen atoms in total. The van der Waals surface area contributed by atoms with E-state index in [1.165, 1.54) is 25.8 Å². The van der Waals surface area contributed by atoms with Gasteiger partial charge < -0.3 is 15.6 Å². The summed E-state index contributed by atoms with van der Waals surface area (Å²) in [6.07, 6.45) is 1.79. The predicted octanol–water partition coefficient (Wildman–Crippen LogP) is 0.809. The summed E-state index contributed by atoms with van der Waals surface area (Å²) in [6.45, 7) is 1.32. The van der Waals surface area contributed by atoms with Gasteiger partial charge >= 0.3 is 0 Å². The van der Waals surface area contributed by atoms with Crippen LogP contribution in [0.1, 0.15) is 6.92 Å². The van der Waals surface area contributed by atoms with Gasteiger partial charge in [-0.1, -0.05) is 0 Å². The Morgan fingerprint density at radius 3 is 2.62 bits per heavy atom. The van der Waals surface area contributed by atoms with Gasteiger partial charge in [-0.3, -0.25) is 0 Å². The summed E-state index contributed by atoms with van der Waals surface area (Å²) < 4.78 is 44.8. The summed E-state index contributed by atoms with van der Waals surface area (Å²) in [6, 6.07) is 1.92. The number of aliphatic hydroxyl groups is 1. The van der Waals surface area contributed by atoms with Crippen molar-refractivity contribution in [3.63, 3.8) is 0 Å². The molecule has 1 aromatic rings. The normalized spacial score (nSPS) is 14.7. The van der Waals surface area contributed by atoms with E-state index in [-0.39, 0.29) is 22.9 Å². The maximum atomic E-state index is 13.7. The summed E-state index contributed by atoms with van der Waals surface area (Å²) in [5, 5.41) is 9.95. The van der Waals surface area contributed by atoms with Crippen LogP contribution >= 0.6 is 11.8 Å². The van der Waals surface area contributed by atoms with Crippen LogP contribution in [0.2, 0.25) is 0 Å². The van der Waals surface area contributed by atoms with Crippen molar-refractivity contribution in [2.75, 3.05) is 31.4 Å². The molecule has 1 unspecified atom stereocenters. The molecule has 0 aliphatic heterocycles. The molecule has 1 rings (SSSR count). The van der Waals surface area contributed by atoms with E-state index in [9.17, 15) is 17.9 Å². The standard InChI is InChI=1S/C12H19FN2O4S2/c1-12(16,7-20-3)6-15-21(17,18)8-4-9(13)11(19-2)10(14)5-8/h4-5,15-16H,6-7,14H2,1-3H3. The number of nitrogens with two attached hydrogens (primary N) is 1. The Labute approximate surface area is 127 Å². The lowest BCUT2D eigenvalue weighted by atomic mass is 10.1. The first-order valence-electron chi connectivity index (χ1n) is 5.97. The molecule has 120 valence electrons. The third-order valence-corrected chi connectivity index (χ3v) is 4.95. The monoisotopic (exact) mass is 338 g/mol. The number of halogens is 1. The average molecular weight is 338 g/mol. The lowest BCUT2D eigenvalue weighted by Gasteiger charge is -2.22. The minimum absolute atomic E-state index is 0.117. The molecular weight excluding hydrogens is 319 g/mol. The Bertz CT molecular complexity index is 582. The zero-order chi connectivity index (χ0) is 16.3. The molecule has 4 N–H and O–H groups in total. The molecule has 1 aromatic carbocycles. The van der Waals surface area contributed by atoms with Crippen molar-refractivity contribution < 1.29 is 22.7 Å². The molecule has 0 aromatic heterocycles. The van der Waals surface area contributed by atoms with Gasteiger partial charge in [0.05, 0.1) is 23.3 Å². The highest BCUT2D eigenvalue weighted by molar-refractivity contribution is 7.98. The van der Waals surface area contributed by atoms with Crippen LogP contribution in [-0.4, -0.2) is 44.8 Å². The maximum Gasteiger partial charge on any atom is 0.240 e. The second-order valence-corrected chi connectivity index (χ2v) is 7.42. The summed E-state index contributed by atoms with van der Waals surface area (Å²) in [4.78, 5) is -0.321. The van der Waals surface area contributed by atoms with Gasteiger partial charge in [-0.2, -0.15) is 11.8 Å². The molecule has 0 spiro atoms. The smallest absolute Gasteiger partial charge is 0.240 e. The van der Waals surface area contributed by atoms with Crippen LogP contribution in [0, 0.1) is 5.82 Å². The van der Waals surface area contributed by atoms with E-state index in [0.29, 0.717) is 5.75 Å². The van der Waals surface area contributed by atoms with Crippen LogP contribution in [0.4, 0.5) is 10.1 Å². The van der Waals surface area contributed by atoms with E-state index < -0.39 is 21.4 Å². The number of methoxy groups -OCH3 is 1. The molecule has 0 bridgehead atoms. The van der Waals surface area contributed by atoms with E-state index in [0.717, 1.165) is 12.1 Å². The number of hydrogen-bond acceptors (Lipinski definition) is 6. The number of sulfonamides is 1. The van der Waals surface area contributed by atoms with E-state index in [1.807, 2.05) is 0 Å².